The van der Waals surface area contributed by atoms with Crippen LogP contribution in [0.1, 0.15) is 13.8 Å². The Morgan fingerprint density at radius 1 is 1.25 bits per heavy atom. The summed E-state index contributed by atoms with van der Waals surface area (Å²) in [5.41, 5.74) is 0. The summed E-state index contributed by atoms with van der Waals surface area (Å²) in [6.07, 6.45) is 0.216. The Morgan fingerprint density at radius 2 is 1.75 bits per heavy atom. The standard InChI is InChI=1S/C7H15O4P/c1-4-10-12(11-5-2)6-7(8)9-3/h4-6H2,1-3H3. The van der Waals surface area contributed by atoms with Crippen LogP contribution >= 0.6 is 8.38 Å². The fourth-order valence-corrected chi connectivity index (χ4v) is 1.76. The summed E-state index contributed by atoms with van der Waals surface area (Å²) in [6.45, 7) is 4.85. The lowest BCUT2D eigenvalue weighted by molar-refractivity contribution is -0.137. The molecular weight excluding hydrogens is 179 g/mol. The molecule has 0 heterocycles. The monoisotopic (exact) mass is 194 g/mol. The minimum Gasteiger partial charge on any atom is -0.469 e. The summed E-state index contributed by atoms with van der Waals surface area (Å²) in [4.78, 5) is 10.8. The smallest absolute Gasteiger partial charge is 0.314 e. The van der Waals surface area contributed by atoms with E-state index in [1.54, 1.807) is 0 Å². The lowest BCUT2D eigenvalue weighted by atomic mass is 10.8. The van der Waals surface area contributed by atoms with Crippen LogP contribution in [0, 0.1) is 0 Å². The van der Waals surface area contributed by atoms with Crippen LogP contribution in [-0.4, -0.2) is 32.5 Å². The molecule has 0 atom stereocenters. The van der Waals surface area contributed by atoms with Gasteiger partial charge in [0.2, 0.25) is 0 Å². The van der Waals surface area contributed by atoms with Gasteiger partial charge < -0.3 is 13.8 Å². The van der Waals surface area contributed by atoms with E-state index in [0.29, 0.717) is 13.2 Å². The average molecular weight is 194 g/mol. The topological polar surface area (TPSA) is 44.8 Å². The van der Waals surface area contributed by atoms with E-state index in [1.807, 2.05) is 13.8 Å². The molecule has 0 aromatic carbocycles. The first-order valence-corrected chi connectivity index (χ1v) is 5.21. The third kappa shape index (κ3) is 5.47. The van der Waals surface area contributed by atoms with E-state index in [9.17, 15) is 4.79 Å². The molecule has 0 aliphatic carbocycles. The highest BCUT2D eigenvalue weighted by Gasteiger charge is 2.14. The molecule has 0 aliphatic heterocycles. The number of carbonyl (C=O) groups excluding carboxylic acids is 1. The average Bonchev–Trinajstić information content (AvgIpc) is 2.05. The largest absolute Gasteiger partial charge is 0.469 e. The maximum absolute atomic E-state index is 10.8. The van der Waals surface area contributed by atoms with Crippen molar-refractivity contribution >= 4 is 14.3 Å². The number of esters is 1. The first-order valence-electron chi connectivity index (χ1n) is 3.84. The van der Waals surface area contributed by atoms with Gasteiger partial charge in [-0.2, -0.15) is 0 Å². The van der Waals surface area contributed by atoms with Crippen LogP contribution < -0.4 is 0 Å². The van der Waals surface area contributed by atoms with Gasteiger partial charge in [0.05, 0.1) is 20.3 Å². The third-order valence-corrected chi connectivity index (χ3v) is 2.64. The quantitative estimate of drug-likeness (QED) is 0.475. The van der Waals surface area contributed by atoms with Crippen molar-refractivity contribution in [2.45, 2.75) is 13.8 Å². The first kappa shape index (κ1) is 11.8. The van der Waals surface area contributed by atoms with E-state index in [1.165, 1.54) is 7.11 Å². The SMILES string of the molecule is CCOP(CC(=O)OC)OCC. The molecule has 0 rings (SSSR count). The molecule has 0 aliphatic rings. The van der Waals surface area contributed by atoms with Crippen LogP contribution in [0.3, 0.4) is 0 Å². The molecule has 12 heavy (non-hydrogen) atoms. The van der Waals surface area contributed by atoms with Crippen LogP contribution in [0.5, 0.6) is 0 Å². The van der Waals surface area contributed by atoms with Gasteiger partial charge in [0, 0.05) is 0 Å². The summed E-state index contributed by atoms with van der Waals surface area (Å²) in [5.74, 6) is -0.289. The van der Waals surface area contributed by atoms with Crippen molar-refractivity contribution < 1.29 is 18.6 Å². The molecule has 0 saturated heterocycles. The molecule has 0 saturated carbocycles. The van der Waals surface area contributed by atoms with E-state index >= 15 is 0 Å². The molecule has 0 aromatic rings. The zero-order chi connectivity index (χ0) is 9.40. The Labute approximate surface area is 74.1 Å². The van der Waals surface area contributed by atoms with E-state index in [-0.39, 0.29) is 12.1 Å². The summed E-state index contributed by atoms with van der Waals surface area (Å²) in [6, 6.07) is 0. The molecule has 0 bridgehead atoms. The van der Waals surface area contributed by atoms with Gasteiger partial charge in [-0.1, -0.05) is 0 Å². The zero-order valence-electron chi connectivity index (χ0n) is 7.70. The van der Waals surface area contributed by atoms with Crippen LogP contribution in [0.2, 0.25) is 0 Å². The minimum absolute atomic E-state index is 0.216. The fraction of sp³-hybridized carbons (Fsp3) is 0.857. The molecule has 0 fully saturated rings. The molecule has 0 unspecified atom stereocenters. The van der Waals surface area contributed by atoms with E-state index in [4.69, 9.17) is 9.05 Å². The fourth-order valence-electron chi connectivity index (χ4n) is 0.586. The normalized spacial score (nSPS) is 10.3. The third-order valence-electron chi connectivity index (χ3n) is 1.03. The molecule has 0 N–H and O–H groups in total. The van der Waals surface area contributed by atoms with Crippen LogP contribution in [-0.2, 0) is 18.6 Å². The van der Waals surface area contributed by atoms with Crippen LogP contribution in [0.4, 0.5) is 0 Å². The Morgan fingerprint density at radius 3 is 2.08 bits per heavy atom. The predicted octanol–water partition coefficient (Wildman–Crippen LogP) is 1.54. The maximum Gasteiger partial charge on any atom is 0.314 e. The number of rotatable bonds is 6. The van der Waals surface area contributed by atoms with E-state index < -0.39 is 8.38 Å². The van der Waals surface area contributed by atoms with Gasteiger partial charge in [-0.3, -0.25) is 4.79 Å². The van der Waals surface area contributed by atoms with Gasteiger partial charge in [-0.25, -0.2) is 0 Å². The van der Waals surface area contributed by atoms with Crippen molar-refractivity contribution in [2.75, 3.05) is 26.5 Å². The number of hydrogen-bond donors (Lipinski definition) is 0. The Balaban J connectivity index is 3.68. The second kappa shape index (κ2) is 7.47. The maximum atomic E-state index is 10.8. The van der Waals surface area contributed by atoms with Crippen LogP contribution in [0.25, 0.3) is 0 Å². The van der Waals surface area contributed by atoms with Gasteiger partial charge in [-0.15, -0.1) is 0 Å². The molecule has 4 nitrogen and oxygen atoms in total. The minimum atomic E-state index is -1.08. The van der Waals surface area contributed by atoms with Crippen LogP contribution in [0.15, 0.2) is 0 Å². The van der Waals surface area contributed by atoms with E-state index in [2.05, 4.69) is 4.74 Å². The lowest BCUT2D eigenvalue weighted by Gasteiger charge is -2.13. The van der Waals surface area contributed by atoms with Gasteiger partial charge in [0.1, 0.15) is 6.16 Å². The Hall–Kier alpha value is -0.180. The summed E-state index contributed by atoms with van der Waals surface area (Å²) < 4.78 is 14.9. The number of methoxy groups -OCH3 is 1. The van der Waals surface area contributed by atoms with Gasteiger partial charge in [-0.05, 0) is 13.8 Å². The van der Waals surface area contributed by atoms with Gasteiger partial charge >= 0.3 is 5.97 Å². The summed E-state index contributed by atoms with van der Waals surface area (Å²) >= 11 is 0. The zero-order valence-corrected chi connectivity index (χ0v) is 8.60. The van der Waals surface area contributed by atoms with Crippen molar-refractivity contribution in [2.24, 2.45) is 0 Å². The van der Waals surface area contributed by atoms with Crippen molar-refractivity contribution in [1.29, 1.82) is 0 Å². The molecule has 0 spiro atoms. The highest BCUT2D eigenvalue weighted by molar-refractivity contribution is 7.48. The van der Waals surface area contributed by atoms with E-state index in [0.717, 1.165) is 0 Å². The van der Waals surface area contributed by atoms with Crippen molar-refractivity contribution in [3.05, 3.63) is 0 Å². The van der Waals surface area contributed by atoms with Crippen molar-refractivity contribution in [1.82, 2.24) is 0 Å². The number of hydrogen-bond acceptors (Lipinski definition) is 4. The highest BCUT2D eigenvalue weighted by Crippen LogP contribution is 2.37. The number of carbonyl (C=O) groups is 1. The van der Waals surface area contributed by atoms with Crippen molar-refractivity contribution in [3.8, 4) is 0 Å². The van der Waals surface area contributed by atoms with Gasteiger partial charge in [0.15, 0.2) is 8.38 Å². The molecule has 5 heteroatoms. The van der Waals surface area contributed by atoms with Crippen molar-refractivity contribution in [3.63, 3.8) is 0 Å². The Bertz CT molecular complexity index is 123. The van der Waals surface area contributed by atoms with Gasteiger partial charge in [0.25, 0.3) is 0 Å². The predicted molar refractivity (Wildman–Crippen MR) is 47.1 cm³/mol. The molecule has 72 valence electrons. The molecular formula is C7H15O4P. The molecule has 0 amide bonds. The summed E-state index contributed by atoms with van der Waals surface area (Å²) in [5, 5.41) is 0. The molecule has 0 aromatic heterocycles. The second-order valence-corrected chi connectivity index (χ2v) is 3.40. The second-order valence-electron chi connectivity index (χ2n) is 1.90. The summed E-state index contributed by atoms with van der Waals surface area (Å²) in [7, 11) is 0.274. The first-order chi connectivity index (χ1) is 5.74. The Kier molecular flexibility index (Phi) is 7.36. The molecule has 0 radical (unpaired) electrons. The highest BCUT2D eigenvalue weighted by atomic mass is 31.2. The lowest BCUT2D eigenvalue weighted by Crippen LogP contribution is -2.08. The number of ether oxygens (including phenoxy) is 1.